The highest BCUT2D eigenvalue weighted by Gasteiger charge is 2.30. The van der Waals surface area contributed by atoms with Crippen LogP contribution in [0.3, 0.4) is 0 Å². The monoisotopic (exact) mass is 509 g/mol. The average Bonchev–Trinajstić information content (AvgIpc) is 2.86. The summed E-state index contributed by atoms with van der Waals surface area (Å²) in [5, 5.41) is 2.56. The van der Waals surface area contributed by atoms with Crippen LogP contribution in [-0.4, -0.2) is 51.0 Å². The number of hydrogen-bond acceptors (Lipinski definition) is 5. The van der Waals surface area contributed by atoms with Gasteiger partial charge in [-0.25, -0.2) is 8.42 Å². The van der Waals surface area contributed by atoms with E-state index in [1.54, 1.807) is 31.2 Å². The molecule has 1 N–H and O–H groups in total. The molecule has 3 aromatic rings. The minimum Gasteiger partial charge on any atom is -0.457 e. The van der Waals surface area contributed by atoms with E-state index in [1.807, 2.05) is 61.5 Å². The van der Waals surface area contributed by atoms with Crippen LogP contribution >= 0.6 is 0 Å². The molecule has 0 unspecified atom stereocenters. The van der Waals surface area contributed by atoms with Crippen LogP contribution in [0.5, 0.6) is 11.5 Å². The van der Waals surface area contributed by atoms with Gasteiger partial charge in [0.05, 0.1) is 11.9 Å². The van der Waals surface area contributed by atoms with E-state index in [0.717, 1.165) is 21.7 Å². The number of likely N-dealkylation sites (N-methyl/N-ethyl adjacent to an activating group) is 1. The summed E-state index contributed by atoms with van der Waals surface area (Å²) < 4.78 is 32.2. The number of nitrogens with one attached hydrogen (secondary N) is 1. The number of rotatable bonds is 10. The van der Waals surface area contributed by atoms with Crippen molar-refractivity contribution in [3.05, 3.63) is 90.0 Å². The summed E-state index contributed by atoms with van der Waals surface area (Å²) in [7, 11) is -2.31. The van der Waals surface area contributed by atoms with E-state index in [1.165, 1.54) is 11.9 Å². The van der Waals surface area contributed by atoms with Crippen LogP contribution in [0.2, 0.25) is 0 Å². The molecular formula is C27H31N3O5S. The highest BCUT2D eigenvalue weighted by molar-refractivity contribution is 7.92. The van der Waals surface area contributed by atoms with Crippen molar-refractivity contribution in [2.24, 2.45) is 0 Å². The van der Waals surface area contributed by atoms with Crippen LogP contribution in [0.25, 0.3) is 0 Å². The van der Waals surface area contributed by atoms with Gasteiger partial charge >= 0.3 is 0 Å². The van der Waals surface area contributed by atoms with E-state index in [9.17, 15) is 18.0 Å². The number of ether oxygens (including phenoxy) is 1. The average molecular weight is 510 g/mol. The Morgan fingerprint density at radius 2 is 1.50 bits per heavy atom. The molecule has 3 rings (SSSR count). The second kappa shape index (κ2) is 11.7. The summed E-state index contributed by atoms with van der Waals surface area (Å²) in [5.41, 5.74) is 2.15. The SMILES string of the molecule is CNC(=O)[C@H](C)N(Cc1ccccc1C)C(=O)CN(c1ccc(Oc2ccccc2)cc1)S(C)(=O)=O. The maximum atomic E-state index is 13.5. The molecule has 8 nitrogen and oxygen atoms in total. The molecule has 0 aliphatic carbocycles. The predicted molar refractivity (Wildman–Crippen MR) is 140 cm³/mol. The van der Waals surface area contributed by atoms with Gasteiger partial charge in [-0.1, -0.05) is 42.5 Å². The first-order chi connectivity index (χ1) is 17.1. The Morgan fingerprint density at radius 1 is 0.917 bits per heavy atom. The molecule has 0 saturated carbocycles. The lowest BCUT2D eigenvalue weighted by atomic mass is 10.1. The number of sulfonamides is 1. The van der Waals surface area contributed by atoms with Gasteiger partial charge in [-0.05, 0) is 61.4 Å². The second-order valence-electron chi connectivity index (χ2n) is 8.42. The quantitative estimate of drug-likeness (QED) is 0.450. The van der Waals surface area contributed by atoms with Gasteiger partial charge in [0.15, 0.2) is 0 Å². The molecule has 0 bridgehead atoms. The van der Waals surface area contributed by atoms with Crippen molar-refractivity contribution >= 4 is 27.5 Å². The van der Waals surface area contributed by atoms with Crippen LogP contribution in [0.1, 0.15) is 18.1 Å². The molecule has 0 aromatic heterocycles. The molecule has 2 amide bonds. The van der Waals surface area contributed by atoms with Gasteiger partial charge in [0, 0.05) is 13.6 Å². The van der Waals surface area contributed by atoms with Crippen molar-refractivity contribution in [1.29, 1.82) is 0 Å². The fraction of sp³-hybridized carbons (Fsp3) is 0.259. The first kappa shape index (κ1) is 26.7. The zero-order chi connectivity index (χ0) is 26.3. The Morgan fingerprint density at radius 3 is 2.08 bits per heavy atom. The summed E-state index contributed by atoms with van der Waals surface area (Å²) in [4.78, 5) is 27.3. The van der Waals surface area contributed by atoms with Crippen LogP contribution in [0, 0.1) is 6.92 Å². The minimum atomic E-state index is -3.81. The summed E-state index contributed by atoms with van der Waals surface area (Å²) >= 11 is 0. The molecular weight excluding hydrogens is 478 g/mol. The van der Waals surface area contributed by atoms with Crippen LogP contribution < -0.4 is 14.4 Å². The largest absolute Gasteiger partial charge is 0.457 e. The van der Waals surface area contributed by atoms with E-state index in [4.69, 9.17) is 4.74 Å². The maximum Gasteiger partial charge on any atom is 0.244 e. The van der Waals surface area contributed by atoms with E-state index in [2.05, 4.69) is 5.32 Å². The fourth-order valence-electron chi connectivity index (χ4n) is 3.68. The number of carbonyl (C=O) groups excluding carboxylic acids is 2. The maximum absolute atomic E-state index is 13.5. The predicted octanol–water partition coefficient (Wildman–Crippen LogP) is 3.72. The van der Waals surface area contributed by atoms with Crippen LogP contribution in [0.15, 0.2) is 78.9 Å². The molecule has 0 spiro atoms. The molecule has 1 atom stereocenters. The number of hydrogen-bond donors (Lipinski definition) is 1. The highest BCUT2D eigenvalue weighted by atomic mass is 32.2. The van der Waals surface area contributed by atoms with Gasteiger partial charge in [0.2, 0.25) is 21.8 Å². The van der Waals surface area contributed by atoms with Crippen LogP contribution in [0.4, 0.5) is 5.69 Å². The Kier molecular flexibility index (Phi) is 8.71. The number of anilines is 1. The molecule has 36 heavy (non-hydrogen) atoms. The third kappa shape index (κ3) is 6.85. The Hall–Kier alpha value is -3.85. The molecule has 0 radical (unpaired) electrons. The van der Waals surface area contributed by atoms with Crippen molar-refractivity contribution in [3.8, 4) is 11.5 Å². The van der Waals surface area contributed by atoms with Crippen molar-refractivity contribution in [1.82, 2.24) is 10.2 Å². The topological polar surface area (TPSA) is 96.0 Å². The number of aryl methyl sites for hydroxylation is 1. The fourth-order valence-corrected chi connectivity index (χ4v) is 4.53. The minimum absolute atomic E-state index is 0.168. The summed E-state index contributed by atoms with van der Waals surface area (Å²) in [5.74, 6) is 0.337. The lowest BCUT2D eigenvalue weighted by molar-refractivity contribution is -0.139. The molecule has 0 fully saturated rings. The zero-order valence-corrected chi connectivity index (χ0v) is 21.7. The van der Waals surface area contributed by atoms with Gasteiger partial charge in [-0.2, -0.15) is 0 Å². The normalized spacial score (nSPS) is 11.9. The lowest BCUT2D eigenvalue weighted by Gasteiger charge is -2.31. The Labute approximate surface area is 212 Å². The number of nitrogens with zero attached hydrogens (tertiary/aromatic N) is 2. The number of benzene rings is 3. The third-order valence-corrected chi connectivity index (χ3v) is 6.94. The zero-order valence-electron chi connectivity index (χ0n) is 20.8. The van der Waals surface area contributed by atoms with E-state index < -0.39 is 28.5 Å². The summed E-state index contributed by atoms with van der Waals surface area (Å²) in [6, 6.07) is 22.4. The van der Waals surface area contributed by atoms with Gasteiger partial charge in [0.25, 0.3) is 0 Å². The molecule has 0 saturated heterocycles. The van der Waals surface area contributed by atoms with Crippen molar-refractivity contribution in [2.75, 3.05) is 24.2 Å². The number of carbonyl (C=O) groups is 2. The Bertz CT molecular complexity index is 1290. The smallest absolute Gasteiger partial charge is 0.244 e. The lowest BCUT2D eigenvalue weighted by Crippen LogP contribution is -2.50. The van der Waals surface area contributed by atoms with Gasteiger partial charge in [-0.3, -0.25) is 13.9 Å². The summed E-state index contributed by atoms with van der Waals surface area (Å²) in [6.45, 7) is 3.26. The third-order valence-electron chi connectivity index (χ3n) is 5.80. The summed E-state index contributed by atoms with van der Waals surface area (Å²) in [6.07, 6.45) is 1.04. The first-order valence-electron chi connectivity index (χ1n) is 11.5. The van der Waals surface area contributed by atoms with Crippen molar-refractivity contribution in [2.45, 2.75) is 26.4 Å². The molecule has 190 valence electrons. The van der Waals surface area contributed by atoms with E-state index in [-0.39, 0.29) is 12.5 Å². The highest BCUT2D eigenvalue weighted by Crippen LogP contribution is 2.26. The van der Waals surface area contributed by atoms with Crippen LogP contribution in [-0.2, 0) is 26.2 Å². The number of para-hydroxylation sites is 1. The van der Waals surface area contributed by atoms with Crippen molar-refractivity contribution < 1.29 is 22.7 Å². The van der Waals surface area contributed by atoms with Gasteiger partial charge in [-0.15, -0.1) is 0 Å². The first-order valence-corrected chi connectivity index (χ1v) is 13.3. The van der Waals surface area contributed by atoms with E-state index >= 15 is 0 Å². The molecule has 0 heterocycles. The second-order valence-corrected chi connectivity index (χ2v) is 10.3. The van der Waals surface area contributed by atoms with Gasteiger partial charge < -0.3 is 15.0 Å². The standard InChI is InChI=1S/C27H31N3O5S/c1-20-10-8-9-11-22(20)18-29(21(2)27(32)28-3)26(31)19-30(36(4,33)34)23-14-16-25(17-15-23)35-24-12-6-5-7-13-24/h5-17,21H,18-19H2,1-4H3,(H,28,32)/t21-/m0/s1. The number of amides is 2. The molecule has 0 aliphatic rings. The molecule has 3 aromatic carbocycles. The molecule has 9 heteroatoms. The Balaban J connectivity index is 1.86. The van der Waals surface area contributed by atoms with Crippen molar-refractivity contribution in [3.63, 3.8) is 0 Å². The van der Waals surface area contributed by atoms with E-state index in [0.29, 0.717) is 17.2 Å². The van der Waals surface area contributed by atoms with Gasteiger partial charge in [0.1, 0.15) is 24.1 Å². The molecule has 0 aliphatic heterocycles.